The van der Waals surface area contributed by atoms with E-state index in [-0.39, 0.29) is 23.6 Å². The number of fused-ring (bicyclic) bond motifs is 1. The van der Waals surface area contributed by atoms with Gasteiger partial charge in [0.1, 0.15) is 0 Å². The molecule has 146 valence electrons. The topological polar surface area (TPSA) is 80.6 Å². The van der Waals surface area contributed by atoms with E-state index in [1.165, 1.54) is 4.90 Å². The van der Waals surface area contributed by atoms with Gasteiger partial charge in [0.05, 0.1) is 17.1 Å². The average Bonchev–Trinajstić information content (AvgIpc) is 2.72. The maximum Gasteiger partial charge on any atom is 0.324 e. The zero-order valence-corrected chi connectivity index (χ0v) is 16.4. The van der Waals surface area contributed by atoms with Crippen LogP contribution in [0, 0.1) is 5.41 Å². The number of nitrogens with one attached hydrogen (secondary N) is 1. The van der Waals surface area contributed by atoms with Gasteiger partial charge in [0.25, 0.3) is 5.91 Å². The molecule has 7 nitrogen and oxygen atoms in total. The molecule has 7 heteroatoms. The second-order valence-corrected chi connectivity index (χ2v) is 7.14. The Morgan fingerprint density at radius 3 is 2.36 bits per heavy atom. The Morgan fingerprint density at radius 2 is 1.75 bits per heavy atom. The lowest BCUT2D eigenvalue weighted by molar-refractivity contribution is -0.112. The highest BCUT2D eigenvalue weighted by Gasteiger charge is 2.32. The van der Waals surface area contributed by atoms with Crippen LogP contribution in [0.3, 0.4) is 0 Å². The number of hydrogen-bond acceptors (Lipinski definition) is 4. The van der Waals surface area contributed by atoms with E-state index in [9.17, 15) is 9.59 Å². The molecule has 0 spiro atoms. The van der Waals surface area contributed by atoms with Gasteiger partial charge in [-0.25, -0.2) is 4.79 Å². The lowest BCUT2D eigenvalue weighted by Gasteiger charge is -2.37. The first-order valence-electron chi connectivity index (χ1n) is 9.27. The van der Waals surface area contributed by atoms with Crippen molar-refractivity contribution in [2.75, 3.05) is 37.0 Å². The fourth-order valence-electron chi connectivity index (χ4n) is 3.35. The number of benzene rings is 1. The van der Waals surface area contributed by atoms with E-state index in [1.54, 1.807) is 36.3 Å². The molecular formula is C21H25N5O2. The van der Waals surface area contributed by atoms with Gasteiger partial charge in [0.15, 0.2) is 0 Å². The van der Waals surface area contributed by atoms with Crippen LogP contribution in [0.5, 0.6) is 0 Å². The second-order valence-electron chi connectivity index (χ2n) is 7.14. The first-order chi connectivity index (χ1) is 13.4. The van der Waals surface area contributed by atoms with Gasteiger partial charge in [-0.05, 0) is 29.7 Å². The van der Waals surface area contributed by atoms with Crippen molar-refractivity contribution in [3.05, 3.63) is 54.4 Å². The summed E-state index contributed by atoms with van der Waals surface area (Å²) < 4.78 is 0. The van der Waals surface area contributed by atoms with Crippen LogP contribution in [0.15, 0.2) is 48.8 Å². The number of aromatic nitrogens is 1. The SMILES string of the molecule is CC(CC(=N)C(=O)N1CCN(C(=O)N(C)C)c2ccccc21)c1cccnc1. The van der Waals surface area contributed by atoms with Crippen molar-refractivity contribution >= 4 is 29.0 Å². The van der Waals surface area contributed by atoms with Crippen molar-refractivity contribution in [1.82, 2.24) is 9.88 Å². The van der Waals surface area contributed by atoms with Crippen LogP contribution in [-0.4, -0.2) is 54.7 Å². The van der Waals surface area contributed by atoms with Crippen LogP contribution in [-0.2, 0) is 4.79 Å². The van der Waals surface area contributed by atoms with E-state index in [0.29, 0.717) is 30.9 Å². The largest absolute Gasteiger partial charge is 0.330 e. The van der Waals surface area contributed by atoms with Crippen molar-refractivity contribution in [2.45, 2.75) is 19.3 Å². The molecule has 1 aromatic carbocycles. The number of urea groups is 1. The van der Waals surface area contributed by atoms with Gasteiger partial charge >= 0.3 is 6.03 Å². The van der Waals surface area contributed by atoms with Gasteiger partial charge in [-0.15, -0.1) is 0 Å². The lowest BCUT2D eigenvalue weighted by Crippen LogP contribution is -2.50. The summed E-state index contributed by atoms with van der Waals surface area (Å²) in [5, 5.41) is 8.35. The van der Waals surface area contributed by atoms with Gasteiger partial charge in [-0.1, -0.05) is 25.1 Å². The monoisotopic (exact) mass is 379 g/mol. The summed E-state index contributed by atoms with van der Waals surface area (Å²) in [6.07, 6.45) is 3.81. The third-order valence-electron chi connectivity index (χ3n) is 4.89. The van der Waals surface area contributed by atoms with Crippen LogP contribution in [0.2, 0.25) is 0 Å². The number of pyridine rings is 1. The van der Waals surface area contributed by atoms with Crippen LogP contribution >= 0.6 is 0 Å². The summed E-state index contributed by atoms with van der Waals surface area (Å²) in [4.78, 5) is 34.4. The van der Waals surface area contributed by atoms with Crippen LogP contribution < -0.4 is 9.80 Å². The molecule has 0 aliphatic carbocycles. The van der Waals surface area contributed by atoms with E-state index in [2.05, 4.69) is 4.98 Å². The Bertz CT molecular complexity index is 881. The molecule has 1 atom stereocenters. The summed E-state index contributed by atoms with van der Waals surface area (Å²) in [6.45, 7) is 2.74. The summed E-state index contributed by atoms with van der Waals surface area (Å²) >= 11 is 0. The molecule has 0 saturated carbocycles. The molecule has 2 aromatic rings. The average molecular weight is 379 g/mol. The summed E-state index contributed by atoms with van der Waals surface area (Å²) in [6, 6.07) is 11.0. The number of carbonyl (C=O) groups is 2. The van der Waals surface area contributed by atoms with Crippen molar-refractivity contribution < 1.29 is 9.59 Å². The van der Waals surface area contributed by atoms with Gasteiger partial charge < -0.3 is 9.80 Å². The molecule has 0 saturated heterocycles. The van der Waals surface area contributed by atoms with Crippen molar-refractivity contribution in [1.29, 1.82) is 5.41 Å². The molecular weight excluding hydrogens is 354 g/mol. The second kappa shape index (κ2) is 8.21. The third-order valence-corrected chi connectivity index (χ3v) is 4.89. The maximum absolute atomic E-state index is 13.0. The molecule has 1 N–H and O–H groups in total. The van der Waals surface area contributed by atoms with Crippen LogP contribution in [0.4, 0.5) is 16.2 Å². The number of amides is 3. The molecule has 1 unspecified atom stereocenters. The molecule has 1 aromatic heterocycles. The van der Waals surface area contributed by atoms with E-state index in [4.69, 9.17) is 5.41 Å². The van der Waals surface area contributed by atoms with E-state index >= 15 is 0 Å². The highest BCUT2D eigenvalue weighted by atomic mass is 16.2. The van der Waals surface area contributed by atoms with Gasteiger partial charge in [0.2, 0.25) is 0 Å². The first kappa shape index (κ1) is 19.5. The third kappa shape index (κ3) is 3.88. The van der Waals surface area contributed by atoms with Crippen LogP contribution in [0.25, 0.3) is 0 Å². The number of anilines is 2. The minimum Gasteiger partial charge on any atom is -0.330 e. The summed E-state index contributed by atoms with van der Waals surface area (Å²) in [5.41, 5.74) is 2.40. The predicted octanol–water partition coefficient (Wildman–Crippen LogP) is 3.13. The van der Waals surface area contributed by atoms with E-state index in [1.807, 2.05) is 43.3 Å². The molecule has 0 radical (unpaired) electrons. The smallest absolute Gasteiger partial charge is 0.324 e. The Labute approximate surface area is 165 Å². The molecule has 3 rings (SSSR count). The minimum atomic E-state index is -0.319. The fraction of sp³-hybridized carbons (Fsp3) is 0.333. The highest BCUT2D eigenvalue weighted by molar-refractivity contribution is 6.43. The number of rotatable bonds is 4. The van der Waals surface area contributed by atoms with Gasteiger partial charge in [-0.2, -0.15) is 0 Å². The molecule has 1 aliphatic heterocycles. The van der Waals surface area contributed by atoms with Crippen molar-refractivity contribution in [3.63, 3.8) is 0 Å². The lowest BCUT2D eigenvalue weighted by atomic mass is 9.96. The van der Waals surface area contributed by atoms with Gasteiger partial charge in [-0.3, -0.25) is 20.1 Å². The van der Waals surface area contributed by atoms with Crippen molar-refractivity contribution in [2.24, 2.45) is 0 Å². The Balaban J connectivity index is 1.79. The van der Waals surface area contributed by atoms with E-state index in [0.717, 1.165) is 5.56 Å². The fourth-order valence-corrected chi connectivity index (χ4v) is 3.35. The first-order valence-corrected chi connectivity index (χ1v) is 9.27. The Hall–Kier alpha value is -3.22. The number of para-hydroxylation sites is 2. The van der Waals surface area contributed by atoms with Crippen molar-refractivity contribution in [3.8, 4) is 0 Å². The molecule has 3 amide bonds. The number of nitrogens with zero attached hydrogens (tertiary/aromatic N) is 4. The predicted molar refractivity (Wildman–Crippen MR) is 110 cm³/mol. The number of carbonyl (C=O) groups excluding carboxylic acids is 2. The molecule has 0 bridgehead atoms. The molecule has 1 aliphatic rings. The summed E-state index contributed by atoms with van der Waals surface area (Å²) in [5.74, 6) is -0.294. The van der Waals surface area contributed by atoms with Gasteiger partial charge in [0, 0.05) is 46.0 Å². The molecule has 0 fully saturated rings. The Kier molecular flexibility index (Phi) is 5.73. The highest BCUT2D eigenvalue weighted by Crippen LogP contribution is 2.34. The Morgan fingerprint density at radius 1 is 1.11 bits per heavy atom. The standard InChI is InChI=1S/C21H25N5O2/c1-15(16-7-6-10-23-14-16)13-17(22)20(27)25-11-12-26(21(28)24(2)3)19-9-5-4-8-18(19)25/h4-10,14-15,22H,11-13H2,1-3H3. The zero-order chi connectivity index (χ0) is 20.3. The minimum absolute atomic E-state index is 0.0250. The quantitative estimate of drug-likeness (QED) is 0.829. The maximum atomic E-state index is 13.0. The normalized spacial score (nSPS) is 14.2. The number of hydrogen-bond donors (Lipinski definition) is 1. The molecule has 28 heavy (non-hydrogen) atoms. The summed E-state index contributed by atoms with van der Waals surface area (Å²) in [7, 11) is 3.41. The van der Waals surface area contributed by atoms with E-state index < -0.39 is 0 Å². The van der Waals surface area contributed by atoms with Crippen LogP contribution in [0.1, 0.15) is 24.8 Å². The molecule has 2 heterocycles. The zero-order valence-electron chi connectivity index (χ0n) is 16.4.